The molecule has 0 saturated heterocycles. The van der Waals surface area contributed by atoms with Crippen LogP contribution in [0.2, 0.25) is 0 Å². The van der Waals surface area contributed by atoms with E-state index in [0.29, 0.717) is 11.4 Å². The van der Waals surface area contributed by atoms with E-state index in [0.717, 1.165) is 0 Å². The molecule has 1 heterocycles. The summed E-state index contributed by atoms with van der Waals surface area (Å²) in [5.41, 5.74) is 3.71. The monoisotopic (exact) mass is 231 g/mol. The van der Waals surface area contributed by atoms with Crippen LogP contribution in [-0.2, 0) is 0 Å². The summed E-state index contributed by atoms with van der Waals surface area (Å²) < 4.78 is 12.6. The van der Waals surface area contributed by atoms with Crippen LogP contribution >= 0.6 is 0 Å². The van der Waals surface area contributed by atoms with Crippen molar-refractivity contribution < 1.29 is 9.50 Å². The number of pyridine rings is 1. The molecule has 2 rings (SSSR count). The Bertz CT molecular complexity index is 526. The van der Waals surface area contributed by atoms with Crippen molar-refractivity contribution in [3.05, 3.63) is 54.1 Å². The Balaban J connectivity index is 2.03. The fourth-order valence-electron chi connectivity index (χ4n) is 1.20. The molecule has 1 aromatic heterocycles. The van der Waals surface area contributed by atoms with Gasteiger partial charge in [-0.3, -0.25) is 10.4 Å². The number of hydrazone groups is 1. The Morgan fingerprint density at radius 3 is 2.71 bits per heavy atom. The topological polar surface area (TPSA) is 57.5 Å². The Hall–Kier alpha value is -2.43. The summed E-state index contributed by atoms with van der Waals surface area (Å²) in [6.07, 6.45) is 2.94. The molecule has 4 nitrogen and oxygen atoms in total. The van der Waals surface area contributed by atoms with Crippen LogP contribution in [-0.4, -0.2) is 16.3 Å². The molecule has 2 N–H and O–H groups in total. The van der Waals surface area contributed by atoms with Crippen molar-refractivity contribution in [2.45, 2.75) is 0 Å². The third kappa shape index (κ3) is 3.01. The van der Waals surface area contributed by atoms with Gasteiger partial charge in [0.05, 0.1) is 11.9 Å². The molecule has 86 valence electrons. The summed E-state index contributed by atoms with van der Waals surface area (Å²) in [6.45, 7) is 0. The highest BCUT2D eigenvalue weighted by Crippen LogP contribution is 2.11. The zero-order valence-electron chi connectivity index (χ0n) is 8.84. The average Bonchev–Trinajstić information content (AvgIpc) is 2.34. The predicted molar refractivity (Wildman–Crippen MR) is 63.5 cm³/mol. The van der Waals surface area contributed by atoms with Crippen molar-refractivity contribution in [2.75, 3.05) is 5.43 Å². The smallest absolute Gasteiger partial charge is 0.142 e. The molecule has 0 atom stereocenters. The van der Waals surface area contributed by atoms with E-state index in [1.165, 1.54) is 24.4 Å². The van der Waals surface area contributed by atoms with Crippen molar-refractivity contribution in [3.63, 3.8) is 0 Å². The summed E-state index contributed by atoms with van der Waals surface area (Å²) in [7, 11) is 0. The van der Waals surface area contributed by atoms with Crippen LogP contribution in [0.15, 0.2) is 47.7 Å². The SMILES string of the molecule is Oc1cccnc1/C=N\Nc1ccc(F)cc1. The lowest BCUT2D eigenvalue weighted by molar-refractivity contribution is 0.471. The number of hydrogen-bond donors (Lipinski definition) is 2. The van der Waals surface area contributed by atoms with Crippen molar-refractivity contribution in [1.82, 2.24) is 4.98 Å². The molecular formula is C12H10FN3O. The maximum atomic E-state index is 12.6. The minimum Gasteiger partial charge on any atom is -0.506 e. The van der Waals surface area contributed by atoms with Gasteiger partial charge in [0, 0.05) is 6.20 Å². The first-order valence-corrected chi connectivity index (χ1v) is 4.94. The first kappa shape index (κ1) is 11.1. The van der Waals surface area contributed by atoms with E-state index in [4.69, 9.17) is 0 Å². The van der Waals surface area contributed by atoms with Gasteiger partial charge in [0.25, 0.3) is 0 Å². The maximum Gasteiger partial charge on any atom is 0.142 e. The molecule has 5 heteroatoms. The normalized spacial score (nSPS) is 10.6. The summed E-state index contributed by atoms with van der Waals surface area (Å²) >= 11 is 0. The molecule has 0 radical (unpaired) electrons. The molecule has 0 fully saturated rings. The van der Waals surface area contributed by atoms with E-state index < -0.39 is 0 Å². The van der Waals surface area contributed by atoms with Crippen molar-refractivity contribution in [2.24, 2.45) is 5.10 Å². The van der Waals surface area contributed by atoms with Gasteiger partial charge in [-0.2, -0.15) is 5.10 Å². The fourth-order valence-corrected chi connectivity index (χ4v) is 1.20. The largest absolute Gasteiger partial charge is 0.506 e. The number of halogens is 1. The summed E-state index contributed by atoms with van der Waals surface area (Å²) in [4.78, 5) is 3.92. The molecule has 2 aromatic rings. The lowest BCUT2D eigenvalue weighted by Gasteiger charge is -1.99. The zero-order chi connectivity index (χ0) is 12.1. The van der Waals surface area contributed by atoms with Crippen molar-refractivity contribution in [1.29, 1.82) is 0 Å². The third-order valence-electron chi connectivity index (χ3n) is 2.04. The van der Waals surface area contributed by atoms with Crippen LogP contribution in [0.4, 0.5) is 10.1 Å². The minimum atomic E-state index is -0.304. The Kier molecular flexibility index (Phi) is 3.30. The van der Waals surface area contributed by atoms with Gasteiger partial charge in [-0.1, -0.05) is 0 Å². The van der Waals surface area contributed by atoms with Gasteiger partial charge in [-0.25, -0.2) is 4.39 Å². The van der Waals surface area contributed by atoms with E-state index in [-0.39, 0.29) is 11.6 Å². The molecule has 0 aliphatic rings. The number of nitrogens with one attached hydrogen (secondary N) is 1. The highest BCUT2D eigenvalue weighted by atomic mass is 19.1. The average molecular weight is 231 g/mol. The van der Waals surface area contributed by atoms with Crippen LogP contribution in [0.1, 0.15) is 5.69 Å². The number of benzene rings is 1. The van der Waals surface area contributed by atoms with Crippen LogP contribution < -0.4 is 5.43 Å². The molecule has 17 heavy (non-hydrogen) atoms. The second-order valence-electron chi connectivity index (χ2n) is 3.28. The molecule has 0 saturated carbocycles. The van der Waals surface area contributed by atoms with E-state index in [2.05, 4.69) is 15.5 Å². The van der Waals surface area contributed by atoms with Crippen molar-refractivity contribution >= 4 is 11.9 Å². The molecular weight excluding hydrogens is 221 g/mol. The van der Waals surface area contributed by atoms with Crippen molar-refractivity contribution in [3.8, 4) is 5.75 Å². The van der Waals surface area contributed by atoms with Crippen LogP contribution in [0.25, 0.3) is 0 Å². The Morgan fingerprint density at radius 2 is 2.00 bits per heavy atom. The standard InChI is InChI=1S/C12H10FN3O/c13-9-3-5-10(6-4-9)16-15-8-11-12(17)2-1-7-14-11/h1-8,16-17H/b15-8-. The molecule has 0 bridgehead atoms. The summed E-state index contributed by atoms with van der Waals surface area (Å²) in [5.74, 6) is -0.251. The third-order valence-corrected chi connectivity index (χ3v) is 2.04. The number of aromatic nitrogens is 1. The van der Waals surface area contributed by atoms with Crippen LogP contribution in [0.3, 0.4) is 0 Å². The predicted octanol–water partition coefficient (Wildman–Crippen LogP) is 2.37. The number of rotatable bonds is 3. The second kappa shape index (κ2) is 5.07. The highest BCUT2D eigenvalue weighted by Gasteiger charge is 1.96. The van der Waals surface area contributed by atoms with Crippen LogP contribution in [0, 0.1) is 5.82 Å². The van der Waals surface area contributed by atoms with Gasteiger partial charge in [0.2, 0.25) is 0 Å². The maximum absolute atomic E-state index is 12.6. The first-order valence-electron chi connectivity index (χ1n) is 4.94. The van der Waals surface area contributed by atoms with E-state index in [1.54, 1.807) is 24.4 Å². The van der Waals surface area contributed by atoms with Gasteiger partial charge < -0.3 is 5.11 Å². The molecule has 0 spiro atoms. The number of aromatic hydroxyl groups is 1. The molecule has 0 unspecified atom stereocenters. The zero-order valence-corrected chi connectivity index (χ0v) is 8.84. The summed E-state index contributed by atoms with van der Waals surface area (Å²) in [6, 6.07) is 8.93. The number of nitrogens with zero attached hydrogens (tertiary/aromatic N) is 2. The second-order valence-corrected chi connectivity index (χ2v) is 3.28. The lowest BCUT2D eigenvalue weighted by atomic mass is 10.3. The van der Waals surface area contributed by atoms with E-state index >= 15 is 0 Å². The molecule has 1 aromatic carbocycles. The van der Waals surface area contributed by atoms with Gasteiger partial charge in [-0.05, 0) is 36.4 Å². The first-order chi connectivity index (χ1) is 8.25. The quantitative estimate of drug-likeness (QED) is 0.629. The van der Waals surface area contributed by atoms with Crippen LogP contribution in [0.5, 0.6) is 5.75 Å². The lowest BCUT2D eigenvalue weighted by Crippen LogP contribution is -1.92. The Labute approximate surface area is 97.4 Å². The Morgan fingerprint density at radius 1 is 1.24 bits per heavy atom. The van der Waals surface area contributed by atoms with E-state index in [9.17, 15) is 9.50 Å². The van der Waals surface area contributed by atoms with Gasteiger partial charge in [-0.15, -0.1) is 0 Å². The number of anilines is 1. The summed E-state index contributed by atoms with van der Waals surface area (Å²) in [5, 5.41) is 13.3. The number of hydrogen-bond acceptors (Lipinski definition) is 4. The van der Waals surface area contributed by atoms with E-state index in [1.807, 2.05) is 0 Å². The molecule has 0 amide bonds. The van der Waals surface area contributed by atoms with Gasteiger partial charge in [0.1, 0.15) is 17.3 Å². The highest BCUT2D eigenvalue weighted by molar-refractivity contribution is 5.81. The minimum absolute atomic E-state index is 0.0529. The molecule has 0 aliphatic carbocycles. The van der Waals surface area contributed by atoms with Gasteiger partial charge in [0.15, 0.2) is 0 Å². The molecule has 0 aliphatic heterocycles. The fraction of sp³-hybridized carbons (Fsp3) is 0. The van der Waals surface area contributed by atoms with Gasteiger partial charge >= 0.3 is 0 Å².